The SMILES string of the molecule is CNS(=O)(=O)C1CCCN(C(=O)C2(NC(C)=O)CCCCC2)C1. The molecule has 0 aromatic carbocycles. The molecular formula is C15H27N3O4S. The van der Waals surface area contributed by atoms with Crippen molar-refractivity contribution in [3.05, 3.63) is 0 Å². The van der Waals surface area contributed by atoms with Gasteiger partial charge in [-0.3, -0.25) is 9.59 Å². The summed E-state index contributed by atoms with van der Waals surface area (Å²) in [6, 6.07) is 0. The Hall–Kier alpha value is -1.15. The number of sulfonamides is 1. The maximum absolute atomic E-state index is 13.1. The molecule has 1 saturated carbocycles. The molecule has 0 bridgehead atoms. The average molecular weight is 345 g/mol. The molecule has 0 radical (unpaired) electrons. The fourth-order valence-electron chi connectivity index (χ4n) is 3.73. The summed E-state index contributed by atoms with van der Waals surface area (Å²) in [6.07, 6.45) is 5.34. The smallest absolute Gasteiger partial charge is 0.248 e. The number of nitrogens with zero attached hydrogens (tertiary/aromatic N) is 1. The molecule has 2 fully saturated rings. The van der Waals surface area contributed by atoms with Gasteiger partial charge in [0.15, 0.2) is 0 Å². The molecule has 1 saturated heterocycles. The van der Waals surface area contributed by atoms with Crippen molar-refractivity contribution >= 4 is 21.8 Å². The third-order valence-corrected chi connectivity index (χ3v) is 6.75. The number of hydrogen-bond donors (Lipinski definition) is 2. The number of likely N-dealkylation sites (tertiary alicyclic amines) is 1. The van der Waals surface area contributed by atoms with Crippen LogP contribution in [0.25, 0.3) is 0 Å². The number of rotatable bonds is 4. The molecule has 0 spiro atoms. The minimum absolute atomic E-state index is 0.122. The minimum Gasteiger partial charge on any atom is -0.342 e. The standard InChI is InChI=1S/C15H27N3O4S/c1-12(19)17-15(8-4-3-5-9-15)14(20)18-10-6-7-13(11-18)23(21,22)16-2/h13,16H,3-11H2,1-2H3,(H,17,19). The highest BCUT2D eigenvalue weighted by Crippen LogP contribution is 2.31. The molecule has 1 aliphatic heterocycles. The monoisotopic (exact) mass is 345 g/mol. The third kappa shape index (κ3) is 4.03. The molecule has 2 rings (SSSR count). The summed E-state index contributed by atoms with van der Waals surface area (Å²) in [5.74, 6) is -0.333. The van der Waals surface area contributed by atoms with E-state index < -0.39 is 20.8 Å². The fraction of sp³-hybridized carbons (Fsp3) is 0.867. The van der Waals surface area contributed by atoms with E-state index in [0.717, 1.165) is 19.3 Å². The van der Waals surface area contributed by atoms with E-state index >= 15 is 0 Å². The molecule has 2 aliphatic rings. The Morgan fingerprint density at radius 2 is 1.78 bits per heavy atom. The Kier molecular flexibility index (Phi) is 5.67. The number of hydrogen-bond acceptors (Lipinski definition) is 4. The first-order chi connectivity index (χ1) is 10.8. The number of piperidine rings is 1. The summed E-state index contributed by atoms with van der Waals surface area (Å²) in [4.78, 5) is 26.3. The lowest BCUT2D eigenvalue weighted by Crippen LogP contribution is -2.62. The van der Waals surface area contributed by atoms with Gasteiger partial charge in [0, 0.05) is 20.0 Å². The Labute approximate surface area is 138 Å². The second kappa shape index (κ2) is 7.17. The maximum atomic E-state index is 13.1. The van der Waals surface area contributed by atoms with Crippen molar-refractivity contribution in [3.63, 3.8) is 0 Å². The van der Waals surface area contributed by atoms with Crippen LogP contribution in [0.5, 0.6) is 0 Å². The Balaban J connectivity index is 2.17. The van der Waals surface area contributed by atoms with E-state index in [4.69, 9.17) is 0 Å². The van der Waals surface area contributed by atoms with Crippen molar-refractivity contribution in [1.82, 2.24) is 14.9 Å². The van der Waals surface area contributed by atoms with Crippen molar-refractivity contribution < 1.29 is 18.0 Å². The van der Waals surface area contributed by atoms with E-state index in [1.54, 1.807) is 4.90 Å². The second-order valence-corrected chi connectivity index (χ2v) is 8.75. The van der Waals surface area contributed by atoms with Gasteiger partial charge in [-0.25, -0.2) is 13.1 Å². The van der Waals surface area contributed by atoms with Gasteiger partial charge in [0.25, 0.3) is 0 Å². The average Bonchev–Trinajstić information content (AvgIpc) is 2.54. The van der Waals surface area contributed by atoms with Gasteiger partial charge in [-0.2, -0.15) is 0 Å². The molecule has 1 atom stereocenters. The van der Waals surface area contributed by atoms with E-state index in [1.165, 1.54) is 14.0 Å². The first-order valence-corrected chi connectivity index (χ1v) is 9.86. The zero-order valence-corrected chi connectivity index (χ0v) is 14.7. The van der Waals surface area contributed by atoms with Gasteiger partial charge in [0.1, 0.15) is 5.54 Å². The summed E-state index contributed by atoms with van der Waals surface area (Å²) in [6.45, 7) is 2.17. The zero-order chi connectivity index (χ0) is 17.1. The fourth-order valence-corrected chi connectivity index (χ4v) is 4.92. The van der Waals surface area contributed by atoms with Crippen LogP contribution in [0.1, 0.15) is 51.9 Å². The van der Waals surface area contributed by atoms with Gasteiger partial charge in [-0.15, -0.1) is 0 Å². The number of carbonyl (C=O) groups is 2. The van der Waals surface area contributed by atoms with Crippen LogP contribution in [0.4, 0.5) is 0 Å². The highest BCUT2D eigenvalue weighted by molar-refractivity contribution is 7.90. The molecule has 1 unspecified atom stereocenters. The Morgan fingerprint density at radius 1 is 1.13 bits per heavy atom. The van der Waals surface area contributed by atoms with E-state index in [-0.39, 0.29) is 18.4 Å². The van der Waals surface area contributed by atoms with Gasteiger partial charge in [-0.1, -0.05) is 19.3 Å². The van der Waals surface area contributed by atoms with Crippen molar-refractivity contribution in [1.29, 1.82) is 0 Å². The van der Waals surface area contributed by atoms with Crippen LogP contribution in [0, 0.1) is 0 Å². The molecule has 2 N–H and O–H groups in total. The topological polar surface area (TPSA) is 95.6 Å². The van der Waals surface area contributed by atoms with Crippen molar-refractivity contribution in [2.45, 2.75) is 62.7 Å². The van der Waals surface area contributed by atoms with Crippen LogP contribution in [0.2, 0.25) is 0 Å². The Morgan fingerprint density at radius 3 is 2.35 bits per heavy atom. The molecule has 132 valence electrons. The van der Waals surface area contributed by atoms with Crippen LogP contribution >= 0.6 is 0 Å². The highest BCUT2D eigenvalue weighted by Gasteiger charge is 2.44. The molecular weight excluding hydrogens is 318 g/mol. The molecule has 1 aliphatic carbocycles. The van der Waals surface area contributed by atoms with E-state index in [1.807, 2.05) is 0 Å². The molecule has 0 aromatic heterocycles. The second-order valence-electron chi connectivity index (χ2n) is 6.59. The largest absolute Gasteiger partial charge is 0.342 e. The summed E-state index contributed by atoms with van der Waals surface area (Å²) in [7, 11) is -1.99. The molecule has 23 heavy (non-hydrogen) atoms. The zero-order valence-electron chi connectivity index (χ0n) is 13.9. The molecule has 0 aromatic rings. The lowest BCUT2D eigenvalue weighted by Gasteiger charge is -2.42. The van der Waals surface area contributed by atoms with Gasteiger partial charge in [0.05, 0.1) is 5.25 Å². The molecule has 7 nitrogen and oxygen atoms in total. The van der Waals surface area contributed by atoms with Crippen LogP contribution in [0.15, 0.2) is 0 Å². The van der Waals surface area contributed by atoms with Gasteiger partial charge in [-0.05, 0) is 32.7 Å². The third-order valence-electron chi connectivity index (χ3n) is 4.92. The van der Waals surface area contributed by atoms with Crippen LogP contribution in [-0.2, 0) is 19.6 Å². The van der Waals surface area contributed by atoms with Crippen LogP contribution < -0.4 is 10.0 Å². The van der Waals surface area contributed by atoms with Crippen molar-refractivity contribution in [2.75, 3.05) is 20.1 Å². The van der Waals surface area contributed by atoms with Gasteiger partial charge < -0.3 is 10.2 Å². The maximum Gasteiger partial charge on any atom is 0.248 e. The summed E-state index contributed by atoms with van der Waals surface area (Å²) in [5.41, 5.74) is -0.852. The summed E-state index contributed by atoms with van der Waals surface area (Å²) in [5, 5.41) is 2.28. The lowest BCUT2D eigenvalue weighted by atomic mass is 9.80. The van der Waals surface area contributed by atoms with Gasteiger partial charge >= 0.3 is 0 Å². The van der Waals surface area contributed by atoms with Crippen molar-refractivity contribution in [2.24, 2.45) is 0 Å². The molecule has 1 heterocycles. The molecule has 2 amide bonds. The lowest BCUT2D eigenvalue weighted by molar-refractivity contribution is -0.143. The quantitative estimate of drug-likeness (QED) is 0.769. The van der Waals surface area contributed by atoms with E-state index in [9.17, 15) is 18.0 Å². The number of amides is 2. The minimum atomic E-state index is -3.39. The first-order valence-electron chi connectivity index (χ1n) is 8.31. The highest BCUT2D eigenvalue weighted by atomic mass is 32.2. The Bertz CT molecular complexity index is 555. The van der Waals surface area contributed by atoms with E-state index in [0.29, 0.717) is 32.2 Å². The van der Waals surface area contributed by atoms with Crippen LogP contribution in [0.3, 0.4) is 0 Å². The van der Waals surface area contributed by atoms with Crippen molar-refractivity contribution in [3.8, 4) is 0 Å². The normalized spacial score (nSPS) is 25.0. The van der Waals surface area contributed by atoms with Crippen LogP contribution in [-0.4, -0.2) is 56.1 Å². The summed E-state index contributed by atoms with van der Waals surface area (Å²) >= 11 is 0. The summed E-state index contributed by atoms with van der Waals surface area (Å²) < 4.78 is 26.4. The van der Waals surface area contributed by atoms with E-state index in [2.05, 4.69) is 10.0 Å². The van der Waals surface area contributed by atoms with Gasteiger partial charge in [0.2, 0.25) is 21.8 Å². The first kappa shape index (κ1) is 18.2. The number of carbonyl (C=O) groups excluding carboxylic acids is 2. The predicted molar refractivity (Wildman–Crippen MR) is 87.2 cm³/mol. The molecule has 8 heteroatoms. The predicted octanol–water partition coefficient (Wildman–Crippen LogP) is 0.366. The number of nitrogens with one attached hydrogen (secondary N) is 2.